The molecule has 0 spiro atoms. The first-order chi connectivity index (χ1) is 11.8. The number of rotatable bonds is 9. The van der Waals surface area contributed by atoms with E-state index < -0.39 is 0 Å². The molecular formula is C19H20O2S3. The summed E-state index contributed by atoms with van der Waals surface area (Å²) in [6, 6.07) is 17.7. The van der Waals surface area contributed by atoms with Crippen LogP contribution in [0.15, 0.2) is 68.1 Å². The second kappa shape index (κ2) is 8.19. The SMILES string of the molecule is c1cc(Sc2ccc(SCC3CO3)cc2)ccc1SCCC1CO1. The predicted molar refractivity (Wildman–Crippen MR) is 103 cm³/mol. The van der Waals surface area contributed by atoms with E-state index in [1.54, 1.807) is 0 Å². The molecule has 0 amide bonds. The summed E-state index contributed by atoms with van der Waals surface area (Å²) in [6.07, 6.45) is 2.18. The highest BCUT2D eigenvalue weighted by atomic mass is 32.2. The number of benzene rings is 2. The summed E-state index contributed by atoms with van der Waals surface area (Å²) >= 11 is 5.61. The van der Waals surface area contributed by atoms with Gasteiger partial charge in [0, 0.05) is 31.1 Å². The Morgan fingerprint density at radius 1 is 0.708 bits per heavy atom. The van der Waals surface area contributed by atoms with E-state index in [1.807, 2.05) is 35.3 Å². The number of epoxide rings is 2. The lowest BCUT2D eigenvalue weighted by Gasteiger charge is -2.05. The van der Waals surface area contributed by atoms with Crippen LogP contribution in [0.5, 0.6) is 0 Å². The Hall–Kier alpha value is -0.590. The van der Waals surface area contributed by atoms with E-state index in [9.17, 15) is 0 Å². The minimum Gasteiger partial charge on any atom is -0.373 e. The van der Waals surface area contributed by atoms with Gasteiger partial charge < -0.3 is 9.47 Å². The maximum atomic E-state index is 5.25. The number of hydrogen-bond acceptors (Lipinski definition) is 5. The molecule has 2 fully saturated rings. The van der Waals surface area contributed by atoms with Gasteiger partial charge in [0.25, 0.3) is 0 Å². The van der Waals surface area contributed by atoms with E-state index in [1.165, 1.54) is 26.0 Å². The molecule has 5 heteroatoms. The Bertz CT molecular complexity index is 649. The van der Waals surface area contributed by atoms with Gasteiger partial charge >= 0.3 is 0 Å². The van der Waals surface area contributed by atoms with Crippen LogP contribution in [-0.4, -0.2) is 36.9 Å². The van der Waals surface area contributed by atoms with Gasteiger partial charge in [-0.1, -0.05) is 11.8 Å². The molecule has 2 aromatic rings. The van der Waals surface area contributed by atoms with E-state index in [0.29, 0.717) is 12.2 Å². The number of hydrogen-bond donors (Lipinski definition) is 0. The molecule has 2 aromatic carbocycles. The van der Waals surface area contributed by atoms with Gasteiger partial charge in [-0.2, -0.15) is 0 Å². The quantitative estimate of drug-likeness (QED) is 0.442. The summed E-state index contributed by atoms with van der Waals surface area (Å²) in [5, 5.41) is 0. The first-order valence-corrected chi connectivity index (χ1v) is 11.0. The maximum absolute atomic E-state index is 5.25. The van der Waals surface area contributed by atoms with E-state index in [-0.39, 0.29) is 0 Å². The van der Waals surface area contributed by atoms with Crippen molar-refractivity contribution in [1.29, 1.82) is 0 Å². The minimum absolute atomic E-state index is 0.484. The van der Waals surface area contributed by atoms with Gasteiger partial charge in [-0.25, -0.2) is 0 Å². The minimum atomic E-state index is 0.484. The van der Waals surface area contributed by atoms with Gasteiger partial charge in [0.2, 0.25) is 0 Å². The van der Waals surface area contributed by atoms with E-state index in [2.05, 4.69) is 48.5 Å². The molecule has 2 aliphatic rings. The van der Waals surface area contributed by atoms with Crippen LogP contribution < -0.4 is 0 Å². The Balaban J connectivity index is 1.25. The summed E-state index contributed by atoms with van der Waals surface area (Å²) in [5.74, 6) is 2.21. The fraction of sp³-hybridized carbons (Fsp3) is 0.368. The lowest BCUT2D eigenvalue weighted by Crippen LogP contribution is -1.88. The average molecular weight is 377 g/mol. The molecule has 2 saturated heterocycles. The summed E-state index contributed by atoms with van der Waals surface area (Å²) in [5.41, 5.74) is 0. The van der Waals surface area contributed by atoms with E-state index in [4.69, 9.17) is 9.47 Å². The summed E-state index contributed by atoms with van der Waals surface area (Å²) < 4.78 is 10.5. The lowest BCUT2D eigenvalue weighted by molar-refractivity contribution is 0.404. The van der Waals surface area contributed by atoms with Crippen molar-refractivity contribution in [2.75, 3.05) is 24.7 Å². The largest absolute Gasteiger partial charge is 0.373 e. The predicted octanol–water partition coefficient (Wildman–Crippen LogP) is 5.21. The van der Waals surface area contributed by atoms with Gasteiger partial charge in [0.15, 0.2) is 0 Å². The Kier molecular flexibility index (Phi) is 5.75. The molecule has 0 aliphatic carbocycles. The smallest absolute Gasteiger partial charge is 0.0903 e. The van der Waals surface area contributed by atoms with Crippen LogP contribution in [-0.2, 0) is 9.47 Å². The third-order valence-electron chi connectivity index (χ3n) is 3.83. The average Bonchev–Trinajstić information content (AvgIpc) is 3.51. The third-order valence-corrected chi connectivity index (χ3v) is 7.04. The van der Waals surface area contributed by atoms with E-state index >= 15 is 0 Å². The zero-order valence-electron chi connectivity index (χ0n) is 13.4. The van der Waals surface area contributed by atoms with Crippen molar-refractivity contribution < 1.29 is 9.47 Å². The lowest BCUT2D eigenvalue weighted by atomic mass is 10.4. The molecule has 2 unspecified atom stereocenters. The van der Waals surface area contributed by atoms with Gasteiger partial charge in [-0.15, -0.1) is 23.5 Å². The van der Waals surface area contributed by atoms with Crippen molar-refractivity contribution in [2.45, 2.75) is 38.2 Å². The summed E-state index contributed by atoms with van der Waals surface area (Å²) in [6.45, 7) is 1.89. The summed E-state index contributed by atoms with van der Waals surface area (Å²) in [7, 11) is 0. The van der Waals surface area contributed by atoms with Crippen molar-refractivity contribution in [3.63, 3.8) is 0 Å². The van der Waals surface area contributed by atoms with Crippen LogP contribution in [0.3, 0.4) is 0 Å². The molecule has 24 heavy (non-hydrogen) atoms. The fourth-order valence-electron chi connectivity index (χ4n) is 2.24. The molecule has 0 radical (unpaired) electrons. The van der Waals surface area contributed by atoms with Crippen LogP contribution in [0, 0.1) is 0 Å². The molecule has 4 rings (SSSR count). The standard InChI is InChI=1S/C19H20O2S3/c1-5-18(6-2-16(1)22-10-9-14-11-20-14)24-19-7-3-17(4-8-19)23-13-15-12-21-15/h1-8,14-15H,9-13H2. The highest BCUT2D eigenvalue weighted by Crippen LogP contribution is 2.32. The Labute approximate surface area is 156 Å². The number of ether oxygens (including phenoxy) is 2. The first kappa shape index (κ1) is 16.9. The second-order valence-corrected chi connectivity index (χ2v) is 9.31. The Morgan fingerprint density at radius 2 is 1.21 bits per heavy atom. The van der Waals surface area contributed by atoms with Gasteiger partial charge in [0.1, 0.15) is 0 Å². The zero-order chi connectivity index (χ0) is 16.2. The highest BCUT2D eigenvalue weighted by Gasteiger charge is 2.22. The van der Waals surface area contributed by atoms with Gasteiger partial charge in [-0.3, -0.25) is 0 Å². The molecular weight excluding hydrogens is 356 g/mol. The van der Waals surface area contributed by atoms with Crippen molar-refractivity contribution in [1.82, 2.24) is 0 Å². The number of thioether (sulfide) groups is 2. The van der Waals surface area contributed by atoms with Crippen LogP contribution in [0.25, 0.3) is 0 Å². The zero-order valence-corrected chi connectivity index (χ0v) is 15.8. The third kappa shape index (κ3) is 5.46. The van der Waals surface area contributed by atoms with Crippen molar-refractivity contribution >= 4 is 35.3 Å². The van der Waals surface area contributed by atoms with E-state index in [0.717, 1.165) is 24.7 Å². The molecule has 0 saturated carbocycles. The van der Waals surface area contributed by atoms with Gasteiger partial charge in [-0.05, 0) is 55.0 Å². The fourth-order valence-corrected chi connectivity index (χ4v) is 4.90. The molecule has 2 aliphatic heterocycles. The van der Waals surface area contributed by atoms with Crippen LogP contribution in [0.4, 0.5) is 0 Å². The monoisotopic (exact) mass is 376 g/mol. The maximum Gasteiger partial charge on any atom is 0.0903 e. The van der Waals surface area contributed by atoms with Crippen LogP contribution in [0.2, 0.25) is 0 Å². The molecule has 2 heterocycles. The molecule has 126 valence electrons. The molecule has 2 nitrogen and oxygen atoms in total. The molecule has 0 N–H and O–H groups in total. The molecule has 2 atom stereocenters. The normalized spacial score (nSPS) is 21.7. The van der Waals surface area contributed by atoms with Crippen molar-refractivity contribution in [3.8, 4) is 0 Å². The Morgan fingerprint density at radius 3 is 1.75 bits per heavy atom. The highest BCUT2D eigenvalue weighted by molar-refractivity contribution is 8.00. The van der Waals surface area contributed by atoms with Crippen molar-refractivity contribution in [2.24, 2.45) is 0 Å². The molecule has 0 aromatic heterocycles. The van der Waals surface area contributed by atoms with Crippen LogP contribution in [0.1, 0.15) is 6.42 Å². The second-order valence-electron chi connectivity index (χ2n) is 5.90. The topological polar surface area (TPSA) is 25.1 Å². The molecule has 0 bridgehead atoms. The first-order valence-electron chi connectivity index (χ1n) is 8.22. The van der Waals surface area contributed by atoms with Gasteiger partial charge in [0.05, 0.1) is 25.4 Å². The van der Waals surface area contributed by atoms with Crippen LogP contribution >= 0.6 is 35.3 Å². The summed E-state index contributed by atoms with van der Waals surface area (Å²) in [4.78, 5) is 5.24. The van der Waals surface area contributed by atoms with Crippen molar-refractivity contribution in [3.05, 3.63) is 48.5 Å².